The first-order chi connectivity index (χ1) is 15.3. The summed E-state index contributed by atoms with van der Waals surface area (Å²) >= 11 is 0. The quantitative estimate of drug-likeness (QED) is 0.414. The summed E-state index contributed by atoms with van der Waals surface area (Å²) in [6.45, 7) is 2.30. The maximum absolute atomic E-state index is 13.2. The molecule has 2 aliphatic carbocycles. The van der Waals surface area contributed by atoms with Crippen molar-refractivity contribution in [3.63, 3.8) is 0 Å². The summed E-state index contributed by atoms with van der Waals surface area (Å²) in [5.74, 6) is -1.17. The van der Waals surface area contributed by atoms with Crippen molar-refractivity contribution in [3.8, 4) is 11.1 Å². The van der Waals surface area contributed by atoms with Crippen molar-refractivity contribution in [3.05, 3.63) is 77.6 Å². The molecule has 0 spiro atoms. The van der Waals surface area contributed by atoms with Crippen LogP contribution in [0.15, 0.2) is 66.5 Å². The number of rotatable bonds is 4. The van der Waals surface area contributed by atoms with Crippen LogP contribution in [0.2, 0.25) is 0 Å². The van der Waals surface area contributed by atoms with E-state index >= 15 is 0 Å². The molecule has 4 rings (SSSR count). The van der Waals surface area contributed by atoms with Gasteiger partial charge in [-0.3, -0.25) is 0 Å². The number of benzene rings is 2. The van der Waals surface area contributed by atoms with E-state index in [0.717, 1.165) is 43.2 Å². The highest BCUT2D eigenvalue weighted by molar-refractivity contribution is 5.71. The molecule has 170 valence electrons. The zero-order valence-electron chi connectivity index (χ0n) is 18.5. The van der Waals surface area contributed by atoms with Gasteiger partial charge in [-0.2, -0.15) is 13.2 Å². The van der Waals surface area contributed by atoms with E-state index in [-0.39, 0.29) is 5.92 Å². The van der Waals surface area contributed by atoms with E-state index in [1.807, 2.05) is 0 Å². The fraction of sp³-hybridized carbons (Fsp3) is 0.429. The van der Waals surface area contributed by atoms with E-state index in [1.165, 1.54) is 28.7 Å². The first-order valence-electron chi connectivity index (χ1n) is 11.6. The molecule has 0 heterocycles. The molecule has 4 heteroatoms. The smallest absolute Gasteiger partial charge is 0.202 e. The minimum Gasteiger partial charge on any atom is -0.202 e. The first-order valence-corrected chi connectivity index (χ1v) is 11.6. The van der Waals surface area contributed by atoms with Crippen LogP contribution >= 0.6 is 0 Å². The Morgan fingerprint density at radius 2 is 1.38 bits per heavy atom. The second-order valence-electron chi connectivity index (χ2n) is 9.43. The molecule has 0 aliphatic heterocycles. The third-order valence-electron chi connectivity index (χ3n) is 7.07. The topological polar surface area (TPSA) is 0 Å². The maximum Gasteiger partial charge on any atom is 0.442 e. The standard InChI is InChI=1S/C28H30F4/c1-19-2-6-21(7-3-19)23-10-14-25(15-11-23)26-16-12-24(13-17-26)22-8-4-20(5-9-22)18-27(29)28(30,31)32/h6,10-20,22H,2-5,7-9H2,1H3. The number of allylic oxidation sites excluding steroid dienone is 4. The molecule has 1 fully saturated rings. The van der Waals surface area contributed by atoms with Crippen molar-refractivity contribution < 1.29 is 17.6 Å². The van der Waals surface area contributed by atoms with E-state index < -0.39 is 12.0 Å². The largest absolute Gasteiger partial charge is 0.442 e. The van der Waals surface area contributed by atoms with E-state index in [0.29, 0.717) is 18.8 Å². The van der Waals surface area contributed by atoms with Crippen molar-refractivity contribution >= 4 is 5.57 Å². The van der Waals surface area contributed by atoms with Crippen LogP contribution in [0.1, 0.15) is 68.9 Å². The van der Waals surface area contributed by atoms with Gasteiger partial charge in [0.1, 0.15) is 0 Å². The van der Waals surface area contributed by atoms with Gasteiger partial charge in [-0.15, -0.1) is 0 Å². The Morgan fingerprint density at radius 3 is 1.91 bits per heavy atom. The van der Waals surface area contributed by atoms with Crippen LogP contribution in [0.3, 0.4) is 0 Å². The Balaban J connectivity index is 1.37. The van der Waals surface area contributed by atoms with Gasteiger partial charge >= 0.3 is 6.18 Å². The Kier molecular flexibility index (Phi) is 6.88. The number of hydrogen-bond acceptors (Lipinski definition) is 0. The zero-order chi connectivity index (χ0) is 22.7. The molecule has 0 aromatic heterocycles. The molecule has 0 radical (unpaired) electrons. The number of hydrogen-bond donors (Lipinski definition) is 0. The predicted octanol–water partition coefficient (Wildman–Crippen LogP) is 9.25. The van der Waals surface area contributed by atoms with Crippen LogP contribution in [0.25, 0.3) is 16.7 Å². The molecule has 32 heavy (non-hydrogen) atoms. The van der Waals surface area contributed by atoms with Crippen LogP contribution in [-0.2, 0) is 0 Å². The summed E-state index contributed by atoms with van der Waals surface area (Å²) in [6, 6.07) is 17.3. The van der Waals surface area contributed by atoms with Crippen LogP contribution in [0.5, 0.6) is 0 Å². The maximum atomic E-state index is 13.2. The molecule has 0 amide bonds. The lowest BCUT2D eigenvalue weighted by molar-refractivity contribution is -0.109. The van der Waals surface area contributed by atoms with Gasteiger partial charge in [0.15, 0.2) is 5.83 Å². The number of halogens is 4. The van der Waals surface area contributed by atoms with E-state index in [9.17, 15) is 17.6 Å². The Morgan fingerprint density at radius 1 is 0.812 bits per heavy atom. The van der Waals surface area contributed by atoms with Crippen molar-refractivity contribution in [2.75, 3.05) is 0 Å². The number of alkyl halides is 3. The molecular formula is C28H30F4. The van der Waals surface area contributed by atoms with Gasteiger partial charge in [0, 0.05) is 0 Å². The highest BCUT2D eigenvalue weighted by Gasteiger charge is 2.35. The minimum atomic E-state index is -4.86. The molecule has 2 aromatic rings. The van der Waals surface area contributed by atoms with Gasteiger partial charge in [0.2, 0.25) is 0 Å². The summed E-state index contributed by atoms with van der Waals surface area (Å²) in [4.78, 5) is 0. The van der Waals surface area contributed by atoms with Crippen LogP contribution in [-0.4, -0.2) is 6.18 Å². The molecular weight excluding hydrogens is 412 g/mol. The Bertz CT molecular complexity index is 956. The minimum absolute atomic E-state index is 0.325. The van der Waals surface area contributed by atoms with Crippen LogP contribution < -0.4 is 0 Å². The fourth-order valence-corrected chi connectivity index (χ4v) is 4.97. The van der Waals surface area contributed by atoms with Gasteiger partial charge in [-0.25, -0.2) is 4.39 Å². The lowest BCUT2D eigenvalue weighted by atomic mass is 9.78. The molecule has 1 unspecified atom stereocenters. The average molecular weight is 443 g/mol. The lowest BCUT2D eigenvalue weighted by Crippen LogP contribution is -2.15. The van der Waals surface area contributed by atoms with Gasteiger partial charge in [-0.1, -0.05) is 61.5 Å². The normalized spacial score (nSPS) is 24.8. The third kappa shape index (κ3) is 5.51. The molecule has 0 bridgehead atoms. The summed E-state index contributed by atoms with van der Waals surface area (Å²) in [5, 5.41) is 0. The highest BCUT2D eigenvalue weighted by atomic mass is 19.4. The Hall–Kier alpha value is -2.36. The summed E-state index contributed by atoms with van der Waals surface area (Å²) in [7, 11) is 0. The second-order valence-corrected chi connectivity index (χ2v) is 9.43. The molecule has 0 nitrogen and oxygen atoms in total. The highest BCUT2D eigenvalue weighted by Crippen LogP contribution is 2.39. The van der Waals surface area contributed by atoms with E-state index in [4.69, 9.17) is 0 Å². The van der Waals surface area contributed by atoms with Crippen molar-refractivity contribution in [2.45, 2.75) is 64.0 Å². The molecule has 0 N–H and O–H groups in total. The van der Waals surface area contributed by atoms with E-state index in [2.05, 4.69) is 61.5 Å². The molecule has 1 saturated carbocycles. The van der Waals surface area contributed by atoms with Crippen LogP contribution in [0, 0.1) is 11.8 Å². The van der Waals surface area contributed by atoms with Crippen molar-refractivity contribution in [2.24, 2.45) is 11.8 Å². The van der Waals surface area contributed by atoms with Gasteiger partial charge in [0.25, 0.3) is 0 Å². The summed E-state index contributed by atoms with van der Waals surface area (Å²) in [6.07, 6.45) is 4.60. The third-order valence-corrected chi connectivity index (χ3v) is 7.07. The van der Waals surface area contributed by atoms with E-state index in [1.54, 1.807) is 0 Å². The summed E-state index contributed by atoms with van der Waals surface area (Å²) < 4.78 is 50.4. The lowest BCUT2D eigenvalue weighted by Gasteiger charge is -2.27. The predicted molar refractivity (Wildman–Crippen MR) is 123 cm³/mol. The average Bonchev–Trinajstić information content (AvgIpc) is 2.80. The van der Waals surface area contributed by atoms with Crippen molar-refractivity contribution in [1.82, 2.24) is 0 Å². The second kappa shape index (κ2) is 9.64. The van der Waals surface area contributed by atoms with Crippen molar-refractivity contribution in [1.29, 1.82) is 0 Å². The first kappa shape index (κ1) is 22.8. The molecule has 1 atom stereocenters. The van der Waals surface area contributed by atoms with Gasteiger partial charge in [-0.05, 0) is 96.6 Å². The molecule has 2 aromatic carbocycles. The SMILES string of the molecule is CC1CC=C(c2ccc(-c3ccc(C4CCC(C=C(F)C(F)(F)F)CC4)cc3)cc2)CC1. The molecule has 0 saturated heterocycles. The fourth-order valence-electron chi connectivity index (χ4n) is 4.97. The monoisotopic (exact) mass is 442 g/mol. The Labute approximate surface area is 188 Å². The van der Waals surface area contributed by atoms with Crippen LogP contribution in [0.4, 0.5) is 17.6 Å². The van der Waals surface area contributed by atoms with Gasteiger partial charge in [0.05, 0.1) is 0 Å². The van der Waals surface area contributed by atoms with Gasteiger partial charge < -0.3 is 0 Å². The summed E-state index contributed by atoms with van der Waals surface area (Å²) in [5.41, 5.74) is 6.32. The zero-order valence-corrected chi connectivity index (χ0v) is 18.5. The molecule has 2 aliphatic rings.